The molecule has 3 N–H and O–H groups in total. The molecule has 3 nitrogen and oxygen atoms in total. The SMILES string of the molecule is OB(O)O.[KH]. The van der Waals surface area contributed by atoms with Gasteiger partial charge in [-0.1, -0.05) is 0 Å². The normalized spacial score (nSPS) is 5.40. The average molecular weight is 102 g/mol. The van der Waals surface area contributed by atoms with Gasteiger partial charge in [0.1, 0.15) is 0 Å². The first-order chi connectivity index (χ1) is 1.73. The van der Waals surface area contributed by atoms with E-state index in [9.17, 15) is 0 Å². The van der Waals surface area contributed by atoms with Crippen LogP contribution in [0.15, 0.2) is 0 Å². The zero-order valence-corrected chi connectivity index (χ0v) is 1.92. The maximum atomic E-state index is 7.17. The van der Waals surface area contributed by atoms with Crippen LogP contribution in [0, 0.1) is 0 Å². The molecule has 0 rings (SSSR count). The van der Waals surface area contributed by atoms with E-state index in [1.165, 1.54) is 0 Å². The predicted molar refractivity (Wildman–Crippen MR) is 19.6 cm³/mol. The van der Waals surface area contributed by atoms with Gasteiger partial charge in [0.25, 0.3) is 0 Å². The van der Waals surface area contributed by atoms with Gasteiger partial charge in [-0.2, -0.15) is 0 Å². The molecule has 0 saturated heterocycles. The van der Waals surface area contributed by atoms with Crippen LogP contribution in [0.3, 0.4) is 0 Å². The number of rotatable bonds is 0. The van der Waals surface area contributed by atoms with Gasteiger partial charge in [-0.25, -0.2) is 0 Å². The number of hydrogen-bond acceptors (Lipinski definition) is 3. The van der Waals surface area contributed by atoms with Crippen LogP contribution in [0.5, 0.6) is 0 Å². The van der Waals surface area contributed by atoms with Crippen LogP contribution in [0.1, 0.15) is 0 Å². The van der Waals surface area contributed by atoms with Gasteiger partial charge >= 0.3 is 58.7 Å². The summed E-state index contributed by atoms with van der Waals surface area (Å²) in [6.45, 7) is 0. The Hall–Kier alpha value is 1.58. The van der Waals surface area contributed by atoms with Gasteiger partial charge in [-0.15, -0.1) is 0 Å². The van der Waals surface area contributed by atoms with E-state index in [-0.39, 0.29) is 51.4 Å². The Labute approximate surface area is 72.6 Å². The summed E-state index contributed by atoms with van der Waals surface area (Å²) in [5, 5.41) is 21.5. The van der Waals surface area contributed by atoms with Crippen LogP contribution >= 0.6 is 0 Å². The summed E-state index contributed by atoms with van der Waals surface area (Å²) in [4.78, 5) is 0. The van der Waals surface area contributed by atoms with E-state index >= 15 is 0 Å². The van der Waals surface area contributed by atoms with E-state index in [0.29, 0.717) is 0 Å². The molecule has 5 heteroatoms. The van der Waals surface area contributed by atoms with Gasteiger partial charge in [0.2, 0.25) is 0 Å². The molecule has 0 heterocycles. The van der Waals surface area contributed by atoms with E-state index < -0.39 is 7.32 Å². The van der Waals surface area contributed by atoms with Crippen molar-refractivity contribution >= 4 is 58.7 Å². The topological polar surface area (TPSA) is 60.7 Å². The first-order valence-electron chi connectivity index (χ1n) is 0.775. The van der Waals surface area contributed by atoms with Gasteiger partial charge in [0.15, 0.2) is 0 Å². The fourth-order valence-corrected chi connectivity index (χ4v) is 0. The third-order valence-corrected chi connectivity index (χ3v) is 0. The van der Waals surface area contributed by atoms with E-state index in [2.05, 4.69) is 0 Å². The second-order valence-electron chi connectivity index (χ2n) is 0.346. The van der Waals surface area contributed by atoms with Crippen LogP contribution < -0.4 is 0 Å². The molecule has 0 radical (unpaired) electrons. The van der Waals surface area contributed by atoms with Crippen LogP contribution in [-0.2, 0) is 0 Å². The van der Waals surface area contributed by atoms with Crippen LogP contribution in [0.2, 0.25) is 0 Å². The van der Waals surface area contributed by atoms with E-state index in [1.807, 2.05) is 0 Å². The first-order valence-corrected chi connectivity index (χ1v) is 0.775. The summed E-state index contributed by atoms with van der Waals surface area (Å²) in [7, 11) is -2.17. The molecule has 26 valence electrons. The molecule has 0 aliphatic heterocycles. The Morgan fingerprint density at radius 2 is 1.00 bits per heavy atom. The molecule has 5 heavy (non-hydrogen) atoms. The molecule has 0 amide bonds. The molecule has 0 aliphatic carbocycles. The van der Waals surface area contributed by atoms with Gasteiger partial charge < -0.3 is 15.1 Å². The van der Waals surface area contributed by atoms with Crippen molar-refractivity contribution < 1.29 is 15.1 Å². The van der Waals surface area contributed by atoms with Gasteiger partial charge in [0, 0.05) is 0 Å². The Morgan fingerprint density at radius 3 is 1.00 bits per heavy atom. The minimum absolute atomic E-state index is 0. The standard InChI is InChI=1S/BH3O3.K.H/c2-1(3)4;;/h2-4H;;. The molecule has 0 fully saturated rings. The summed E-state index contributed by atoms with van der Waals surface area (Å²) < 4.78 is 0. The Balaban J connectivity index is 0. The molecule has 0 bridgehead atoms. The Bertz CT molecular complexity index is 11.6. The Morgan fingerprint density at radius 1 is 1.00 bits per heavy atom. The van der Waals surface area contributed by atoms with Gasteiger partial charge in [-0.3, -0.25) is 0 Å². The quantitative estimate of drug-likeness (QED) is 0.291. The van der Waals surface area contributed by atoms with Crippen molar-refractivity contribution in [3.63, 3.8) is 0 Å². The summed E-state index contributed by atoms with van der Waals surface area (Å²) in [6, 6.07) is 0. The molecule has 0 spiro atoms. The molecule has 0 saturated carbocycles. The maximum absolute atomic E-state index is 7.17. The Kier molecular flexibility index (Phi) is 10.9. The predicted octanol–water partition coefficient (Wildman–Crippen LogP) is -2.70. The molecule has 0 aromatic heterocycles. The summed E-state index contributed by atoms with van der Waals surface area (Å²) in [5.41, 5.74) is 0. The zero-order valence-electron chi connectivity index (χ0n) is 1.92. The van der Waals surface area contributed by atoms with Gasteiger partial charge in [-0.05, 0) is 0 Å². The van der Waals surface area contributed by atoms with Crippen molar-refractivity contribution in [2.45, 2.75) is 0 Å². The molecule has 0 atom stereocenters. The second-order valence-corrected chi connectivity index (χ2v) is 0.346. The van der Waals surface area contributed by atoms with Crippen molar-refractivity contribution in [2.75, 3.05) is 0 Å². The van der Waals surface area contributed by atoms with Gasteiger partial charge in [0.05, 0.1) is 0 Å². The van der Waals surface area contributed by atoms with Crippen LogP contribution in [-0.4, -0.2) is 73.8 Å². The summed E-state index contributed by atoms with van der Waals surface area (Å²) in [5.74, 6) is 0. The van der Waals surface area contributed by atoms with E-state index in [0.717, 1.165) is 0 Å². The van der Waals surface area contributed by atoms with E-state index in [1.54, 1.807) is 0 Å². The van der Waals surface area contributed by atoms with Crippen molar-refractivity contribution in [3.8, 4) is 0 Å². The van der Waals surface area contributed by atoms with Crippen LogP contribution in [0.4, 0.5) is 0 Å². The fourth-order valence-electron chi connectivity index (χ4n) is 0. The second kappa shape index (κ2) is 5.58. The number of hydrogen-bond donors (Lipinski definition) is 3. The van der Waals surface area contributed by atoms with Crippen molar-refractivity contribution in [3.05, 3.63) is 0 Å². The van der Waals surface area contributed by atoms with Crippen molar-refractivity contribution in [2.24, 2.45) is 0 Å². The van der Waals surface area contributed by atoms with Crippen molar-refractivity contribution in [1.29, 1.82) is 0 Å². The molecule has 0 aliphatic rings. The van der Waals surface area contributed by atoms with Crippen LogP contribution in [0.25, 0.3) is 0 Å². The minimum atomic E-state index is -2.17. The first kappa shape index (κ1) is 9.77. The fraction of sp³-hybridized carbons (Fsp3) is 0. The average Bonchev–Trinajstić information content (AvgIpc) is 0.811. The van der Waals surface area contributed by atoms with Crippen molar-refractivity contribution in [1.82, 2.24) is 0 Å². The zero-order chi connectivity index (χ0) is 3.58. The molecular formula is H4BKO3. The summed E-state index contributed by atoms with van der Waals surface area (Å²) in [6.07, 6.45) is 0. The monoisotopic (exact) mass is 102 g/mol. The third kappa shape index (κ3) is 28.6. The molecule has 0 aromatic rings. The third-order valence-electron chi connectivity index (χ3n) is 0. The van der Waals surface area contributed by atoms with E-state index in [4.69, 9.17) is 15.1 Å². The molecule has 0 unspecified atom stereocenters. The summed E-state index contributed by atoms with van der Waals surface area (Å²) >= 11 is 0. The molecular weight excluding hydrogens is 97.9 g/mol. The molecule has 0 aromatic carbocycles.